The fourth-order valence-corrected chi connectivity index (χ4v) is 5.48. The highest BCUT2D eigenvalue weighted by Crippen LogP contribution is 2.18. The second-order valence-corrected chi connectivity index (χ2v) is 9.18. The standard InChI is InChI=1S/C19H27N5O4S/c1-2-18-20-16-5-3-4-6-17(16)24(18)15-19(25)21-7-9-22(10-8-21)29(26,27)23-11-13-28-14-12-23/h3-6H,2,7-15H2,1H3. The molecule has 0 spiro atoms. The third kappa shape index (κ3) is 4.02. The van der Waals surface area contributed by atoms with Gasteiger partial charge in [-0.15, -0.1) is 0 Å². The molecule has 2 fully saturated rings. The molecule has 0 bridgehead atoms. The SMILES string of the molecule is CCc1nc2ccccc2n1CC(=O)N1CCN(S(=O)(=O)N2CCOCC2)CC1. The van der Waals surface area contributed by atoms with Gasteiger partial charge >= 0.3 is 0 Å². The van der Waals surface area contributed by atoms with Gasteiger partial charge in [-0.1, -0.05) is 19.1 Å². The van der Waals surface area contributed by atoms with Crippen LogP contribution in [0.25, 0.3) is 11.0 Å². The summed E-state index contributed by atoms with van der Waals surface area (Å²) in [5.41, 5.74) is 1.84. The maximum Gasteiger partial charge on any atom is 0.282 e. The van der Waals surface area contributed by atoms with E-state index in [9.17, 15) is 13.2 Å². The zero-order chi connectivity index (χ0) is 20.4. The maximum absolute atomic E-state index is 12.9. The van der Waals surface area contributed by atoms with Crippen LogP contribution in [0.1, 0.15) is 12.7 Å². The van der Waals surface area contributed by atoms with Gasteiger partial charge in [0, 0.05) is 45.7 Å². The maximum atomic E-state index is 12.9. The van der Waals surface area contributed by atoms with Crippen molar-refractivity contribution < 1.29 is 17.9 Å². The van der Waals surface area contributed by atoms with Gasteiger partial charge in [0.05, 0.1) is 24.2 Å². The van der Waals surface area contributed by atoms with Crippen LogP contribution in [-0.2, 0) is 32.7 Å². The minimum absolute atomic E-state index is 0.00808. The summed E-state index contributed by atoms with van der Waals surface area (Å²) in [6, 6.07) is 7.81. The van der Waals surface area contributed by atoms with Crippen LogP contribution in [0.3, 0.4) is 0 Å². The number of benzene rings is 1. The first kappa shape index (κ1) is 20.3. The van der Waals surface area contributed by atoms with Crippen molar-refractivity contribution in [2.24, 2.45) is 0 Å². The van der Waals surface area contributed by atoms with Crippen molar-refractivity contribution in [1.29, 1.82) is 0 Å². The summed E-state index contributed by atoms with van der Waals surface area (Å²) in [4.78, 5) is 19.3. The van der Waals surface area contributed by atoms with Crippen molar-refractivity contribution >= 4 is 27.1 Å². The first-order chi connectivity index (χ1) is 14.0. The summed E-state index contributed by atoms with van der Waals surface area (Å²) < 4.78 is 35.7. The molecule has 2 aliphatic rings. The van der Waals surface area contributed by atoms with Crippen molar-refractivity contribution in [3.05, 3.63) is 30.1 Å². The minimum Gasteiger partial charge on any atom is -0.379 e. The number of rotatable bonds is 5. The predicted molar refractivity (Wildman–Crippen MR) is 109 cm³/mol. The third-order valence-corrected chi connectivity index (χ3v) is 7.59. The number of hydrogen-bond acceptors (Lipinski definition) is 5. The minimum atomic E-state index is -3.49. The molecule has 0 saturated carbocycles. The molecule has 2 aliphatic heterocycles. The molecule has 1 aromatic heterocycles. The fraction of sp³-hybridized carbons (Fsp3) is 0.579. The zero-order valence-corrected chi connectivity index (χ0v) is 17.5. The molecule has 0 radical (unpaired) electrons. The second-order valence-electron chi connectivity index (χ2n) is 7.26. The second kappa shape index (κ2) is 8.39. The monoisotopic (exact) mass is 421 g/mol. The number of fused-ring (bicyclic) bond motifs is 1. The molecule has 1 amide bonds. The Kier molecular flexibility index (Phi) is 5.86. The number of ether oxygens (including phenoxy) is 1. The Hall–Kier alpha value is -2.01. The molecule has 29 heavy (non-hydrogen) atoms. The molecule has 0 N–H and O–H groups in total. The van der Waals surface area contributed by atoms with Crippen LogP contribution in [0.5, 0.6) is 0 Å². The lowest BCUT2D eigenvalue weighted by atomic mass is 10.3. The quantitative estimate of drug-likeness (QED) is 0.694. The van der Waals surface area contributed by atoms with Crippen molar-refractivity contribution in [2.75, 3.05) is 52.5 Å². The Bertz CT molecular complexity index is 976. The van der Waals surface area contributed by atoms with Crippen molar-refractivity contribution in [3.8, 4) is 0 Å². The largest absolute Gasteiger partial charge is 0.379 e. The molecule has 2 aromatic rings. The normalized spacial score (nSPS) is 19.7. The Morgan fingerprint density at radius 1 is 1.03 bits per heavy atom. The average Bonchev–Trinajstić information content (AvgIpc) is 3.12. The molecule has 0 atom stereocenters. The Morgan fingerprint density at radius 2 is 1.69 bits per heavy atom. The lowest BCUT2D eigenvalue weighted by Crippen LogP contribution is -2.56. The van der Waals surface area contributed by atoms with Crippen LogP contribution in [0.15, 0.2) is 24.3 Å². The molecule has 0 unspecified atom stereocenters. The van der Waals surface area contributed by atoms with Gasteiger partial charge in [0.15, 0.2) is 0 Å². The summed E-state index contributed by atoms with van der Waals surface area (Å²) in [7, 11) is -3.49. The van der Waals surface area contributed by atoms with E-state index in [1.165, 1.54) is 8.61 Å². The van der Waals surface area contributed by atoms with Gasteiger partial charge < -0.3 is 14.2 Å². The van der Waals surface area contributed by atoms with Crippen molar-refractivity contribution in [2.45, 2.75) is 19.9 Å². The average molecular weight is 422 g/mol. The Labute approximate surface area is 171 Å². The van der Waals surface area contributed by atoms with E-state index in [1.54, 1.807) is 4.90 Å². The summed E-state index contributed by atoms with van der Waals surface area (Å²) in [6.07, 6.45) is 0.744. The van der Waals surface area contributed by atoms with Gasteiger partial charge in [-0.2, -0.15) is 17.0 Å². The molecular formula is C19H27N5O4S. The first-order valence-electron chi connectivity index (χ1n) is 10.1. The predicted octanol–water partition coefficient (Wildman–Crippen LogP) is 0.320. The van der Waals surface area contributed by atoms with E-state index >= 15 is 0 Å². The van der Waals surface area contributed by atoms with Crippen LogP contribution in [0, 0.1) is 0 Å². The molecule has 10 heteroatoms. The lowest BCUT2D eigenvalue weighted by molar-refractivity contribution is -0.133. The number of carbonyl (C=O) groups is 1. The number of piperazine rings is 1. The molecule has 3 heterocycles. The summed E-state index contributed by atoms with van der Waals surface area (Å²) in [5.74, 6) is 0.874. The molecule has 0 aliphatic carbocycles. The number of amides is 1. The van der Waals surface area contributed by atoms with Crippen LogP contribution in [0.4, 0.5) is 0 Å². The van der Waals surface area contributed by atoms with E-state index in [0.717, 1.165) is 23.3 Å². The van der Waals surface area contributed by atoms with Crippen LogP contribution in [-0.4, -0.2) is 89.9 Å². The number of morpholine rings is 1. The van der Waals surface area contributed by atoms with E-state index in [1.807, 2.05) is 35.8 Å². The highest BCUT2D eigenvalue weighted by Gasteiger charge is 2.34. The van der Waals surface area contributed by atoms with Gasteiger partial charge in [0.1, 0.15) is 12.4 Å². The van der Waals surface area contributed by atoms with Crippen molar-refractivity contribution in [3.63, 3.8) is 0 Å². The van der Waals surface area contributed by atoms with Crippen LogP contribution >= 0.6 is 0 Å². The van der Waals surface area contributed by atoms with Gasteiger partial charge in [-0.25, -0.2) is 4.98 Å². The van der Waals surface area contributed by atoms with E-state index in [2.05, 4.69) is 4.98 Å². The smallest absolute Gasteiger partial charge is 0.282 e. The van der Waals surface area contributed by atoms with E-state index in [-0.39, 0.29) is 12.5 Å². The number of hydrogen-bond donors (Lipinski definition) is 0. The van der Waals surface area contributed by atoms with Gasteiger partial charge in [0.25, 0.3) is 10.2 Å². The van der Waals surface area contributed by atoms with E-state index < -0.39 is 10.2 Å². The molecule has 2 saturated heterocycles. The summed E-state index contributed by atoms with van der Waals surface area (Å²) in [6.45, 7) is 5.30. The molecule has 9 nitrogen and oxygen atoms in total. The number of aryl methyl sites for hydroxylation is 1. The first-order valence-corrected chi connectivity index (χ1v) is 11.5. The van der Waals surface area contributed by atoms with E-state index in [4.69, 9.17) is 4.74 Å². The Balaban J connectivity index is 1.41. The number of nitrogens with zero attached hydrogens (tertiary/aromatic N) is 5. The molecule has 158 valence electrons. The molecule has 1 aromatic carbocycles. The number of imidazole rings is 1. The number of para-hydroxylation sites is 2. The van der Waals surface area contributed by atoms with E-state index in [0.29, 0.717) is 52.5 Å². The number of aromatic nitrogens is 2. The third-order valence-electron chi connectivity index (χ3n) is 5.56. The fourth-order valence-electron chi connectivity index (χ4n) is 3.92. The van der Waals surface area contributed by atoms with Crippen LogP contribution < -0.4 is 0 Å². The highest BCUT2D eigenvalue weighted by molar-refractivity contribution is 7.86. The van der Waals surface area contributed by atoms with Crippen molar-refractivity contribution in [1.82, 2.24) is 23.1 Å². The summed E-state index contributed by atoms with van der Waals surface area (Å²) in [5, 5.41) is 0. The van der Waals surface area contributed by atoms with Gasteiger partial charge in [0.2, 0.25) is 5.91 Å². The molecular weight excluding hydrogens is 394 g/mol. The highest BCUT2D eigenvalue weighted by atomic mass is 32.2. The molecule has 4 rings (SSSR count). The van der Waals surface area contributed by atoms with Gasteiger partial charge in [-0.3, -0.25) is 4.79 Å². The topological polar surface area (TPSA) is 88.0 Å². The lowest BCUT2D eigenvalue weighted by Gasteiger charge is -2.37. The zero-order valence-electron chi connectivity index (χ0n) is 16.7. The Morgan fingerprint density at radius 3 is 2.38 bits per heavy atom. The summed E-state index contributed by atoms with van der Waals surface area (Å²) >= 11 is 0. The van der Waals surface area contributed by atoms with Crippen LogP contribution in [0.2, 0.25) is 0 Å². The number of carbonyl (C=O) groups excluding carboxylic acids is 1. The van der Waals surface area contributed by atoms with Gasteiger partial charge in [-0.05, 0) is 12.1 Å².